The van der Waals surface area contributed by atoms with Crippen LogP contribution in [0.25, 0.3) is 0 Å². The lowest BCUT2D eigenvalue weighted by Crippen LogP contribution is -2.27. The number of hydrogen-bond donors (Lipinski definition) is 1. The highest BCUT2D eigenvalue weighted by atomic mass is 79.9. The van der Waals surface area contributed by atoms with Gasteiger partial charge in [-0.25, -0.2) is 4.39 Å². The molecule has 1 atom stereocenters. The maximum Gasteiger partial charge on any atom is 0.129 e. The maximum absolute atomic E-state index is 14.3. The number of halogens is 3. The normalized spacial score (nSPS) is 12.9. The van der Waals surface area contributed by atoms with Crippen molar-refractivity contribution in [3.8, 4) is 0 Å². The Morgan fingerprint density at radius 1 is 1.43 bits per heavy atom. The van der Waals surface area contributed by atoms with E-state index in [1.54, 1.807) is 12.3 Å². The van der Waals surface area contributed by atoms with E-state index >= 15 is 0 Å². The molecule has 0 aliphatic rings. The molecule has 0 aliphatic heterocycles. The van der Waals surface area contributed by atoms with Gasteiger partial charge in [0.2, 0.25) is 0 Å². The van der Waals surface area contributed by atoms with Gasteiger partial charge in [-0.3, -0.25) is 4.68 Å². The molecule has 1 aromatic heterocycles. The number of nitrogens with one attached hydrogen (secondary N) is 1. The predicted octanol–water partition coefficient (Wildman–Crippen LogP) is 4.72. The monoisotopic (exact) mass is 373 g/mol. The van der Waals surface area contributed by atoms with Crippen molar-refractivity contribution in [1.82, 2.24) is 15.1 Å². The van der Waals surface area contributed by atoms with Crippen molar-refractivity contribution >= 4 is 27.5 Å². The molecular formula is C15H18BrClFN3. The zero-order valence-corrected chi connectivity index (χ0v) is 14.5. The minimum atomic E-state index is -0.358. The van der Waals surface area contributed by atoms with Crippen LogP contribution in [0.3, 0.4) is 0 Å². The number of hydrogen-bond acceptors (Lipinski definition) is 2. The topological polar surface area (TPSA) is 29.9 Å². The Bertz CT molecular complexity index is 607. The van der Waals surface area contributed by atoms with Crippen molar-refractivity contribution in [2.75, 3.05) is 6.54 Å². The van der Waals surface area contributed by atoms with E-state index in [9.17, 15) is 4.39 Å². The van der Waals surface area contributed by atoms with Crippen molar-refractivity contribution in [2.24, 2.45) is 0 Å². The fraction of sp³-hybridized carbons (Fsp3) is 0.400. The third-order valence-electron chi connectivity index (χ3n) is 3.25. The summed E-state index contributed by atoms with van der Waals surface area (Å²) in [5.41, 5.74) is 1.32. The molecule has 0 saturated heterocycles. The molecule has 3 nitrogen and oxygen atoms in total. The second kappa shape index (κ2) is 6.90. The molecule has 0 radical (unpaired) electrons. The Kier molecular flexibility index (Phi) is 5.41. The summed E-state index contributed by atoms with van der Waals surface area (Å²) in [5.74, 6) is -0.275. The van der Waals surface area contributed by atoms with Crippen molar-refractivity contribution < 1.29 is 4.39 Å². The number of nitrogens with zero attached hydrogens (tertiary/aromatic N) is 2. The third kappa shape index (κ3) is 3.30. The quantitative estimate of drug-likeness (QED) is 0.821. The zero-order valence-electron chi connectivity index (χ0n) is 12.2. The van der Waals surface area contributed by atoms with E-state index < -0.39 is 0 Å². The Labute approximate surface area is 137 Å². The molecule has 0 saturated carbocycles. The molecule has 0 fully saturated rings. The summed E-state index contributed by atoms with van der Waals surface area (Å²) in [6.07, 6.45) is 1.61. The van der Waals surface area contributed by atoms with Crippen LogP contribution in [0.2, 0.25) is 5.02 Å². The zero-order chi connectivity index (χ0) is 15.6. The van der Waals surface area contributed by atoms with Gasteiger partial charge in [0.05, 0.1) is 23.0 Å². The van der Waals surface area contributed by atoms with E-state index in [-0.39, 0.29) is 17.9 Å². The molecule has 2 rings (SSSR count). The second-order valence-corrected chi connectivity index (χ2v) is 6.30. The largest absolute Gasteiger partial charge is 0.305 e. The Morgan fingerprint density at radius 2 is 2.14 bits per heavy atom. The lowest BCUT2D eigenvalue weighted by molar-refractivity contribution is 0.466. The van der Waals surface area contributed by atoms with Gasteiger partial charge in [0.1, 0.15) is 5.82 Å². The van der Waals surface area contributed by atoms with Crippen LogP contribution in [0.4, 0.5) is 4.39 Å². The fourth-order valence-corrected chi connectivity index (χ4v) is 3.17. The van der Waals surface area contributed by atoms with E-state index in [1.807, 2.05) is 31.5 Å². The van der Waals surface area contributed by atoms with Gasteiger partial charge in [0, 0.05) is 16.1 Å². The molecule has 0 aliphatic carbocycles. The summed E-state index contributed by atoms with van der Waals surface area (Å²) in [6.45, 7) is 6.70. The van der Waals surface area contributed by atoms with Gasteiger partial charge in [-0.05, 0) is 32.5 Å². The van der Waals surface area contributed by atoms with Crippen LogP contribution < -0.4 is 5.32 Å². The third-order valence-corrected chi connectivity index (χ3v) is 4.23. The van der Waals surface area contributed by atoms with E-state index in [0.717, 1.165) is 5.69 Å². The van der Waals surface area contributed by atoms with Crippen molar-refractivity contribution in [3.05, 3.63) is 51.0 Å². The first-order valence-corrected chi connectivity index (χ1v) is 8.04. The van der Waals surface area contributed by atoms with Gasteiger partial charge in [0.25, 0.3) is 0 Å². The summed E-state index contributed by atoms with van der Waals surface area (Å²) in [7, 11) is 0. The minimum absolute atomic E-state index is 0.138. The highest BCUT2D eigenvalue weighted by molar-refractivity contribution is 9.10. The maximum atomic E-state index is 14.3. The van der Waals surface area contributed by atoms with E-state index in [2.05, 4.69) is 26.3 Å². The first-order valence-electron chi connectivity index (χ1n) is 6.87. The Hall–Kier alpha value is -0.910. The van der Waals surface area contributed by atoms with Crippen molar-refractivity contribution in [1.29, 1.82) is 0 Å². The first kappa shape index (κ1) is 16.5. The van der Waals surface area contributed by atoms with E-state index in [4.69, 9.17) is 11.6 Å². The standard InChI is InChI=1S/C15H18BrClFN3/c1-4-19-14(13-10(16)6-5-7-12(13)18)15-11(17)8-20-21(15)9(2)3/h5-9,14,19H,4H2,1-3H3. The lowest BCUT2D eigenvalue weighted by Gasteiger charge is -2.23. The summed E-state index contributed by atoms with van der Waals surface area (Å²) >= 11 is 9.75. The van der Waals surface area contributed by atoms with Gasteiger partial charge >= 0.3 is 0 Å². The van der Waals surface area contributed by atoms with Crippen LogP contribution in [-0.4, -0.2) is 16.3 Å². The first-order chi connectivity index (χ1) is 9.97. The molecular weight excluding hydrogens is 357 g/mol. The number of benzene rings is 1. The molecule has 0 spiro atoms. The average Bonchev–Trinajstić information content (AvgIpc) is 2.79. The highest BCUT2D eigenvalue weighted by Crippen LogP contribution is 2.35. The minimum Gasteiger partial charge on any atom is -0.305 e. The molecule has 1 unspecified atom stereocenters. The van der Waals surface area contributed by atoms with Gasteiger partial charge < -0.3 is 5.32 Å². The summed E-state index contributed by atoms with van der Waals surface area (Å²) < 4.78 is 16.9. The van der Waals surface area contributed by atoms with Crippen LogP contribution in [-0.2, 0) is 0 Å². The highest BCUT2D eigenvalue weighted by Gasteiger charge is 2.26. The van der Waals surface area contributed by atoms with Crippen LogP contribution in [0, 0.1) is 5.82 Å². The fourth-order valence-electron chi connectivity index (χ4n) is 2.36. The van der Waals surface area contributed by atoms with Crippen LogP contribution in [0.15, 0.2) is 28.9 Å². The lowest BCUT2D eigenvalue weighted by atomic mass is 10.0. The van der Waals surface area contributed by atoms with E-state index in [1.165, 1.54) is 6.07 Å². The predicted molar refractivity (Wildman–Crippen MR) is 87.2 cm³/mol. The summed E-state index contributed by atoms with van der Waals surface area (Å²) in [6, 6.07) is 4.73. The SMILES string of the molecule is CCNC(c1c(F)cccc1Br)c1c(Cl)cnn1C(C)C. The Morgan fingerprint density at radius 3 is 2.71 bits per heavy atom. The molecule has 1 N–H and O–H groups in total. The van der Waals surface area contributed by atoms with Crippen LogP contribution >= 0.6 is 27.5 Å². The van der Waals surface area contributed by atoms with Crippen molar-refractivity contribution in [3.63, 3.8) is 0 Å². The Balaban J connectivity index is 2.62. The molecule has 1 aromatic carbocycles. The second-order valence-electron chi connectivity index (χ2n) is 5.04. The summed E-state index contributed by atoms with van der Waals surface area (Å²) in [4.78, 5) is 0. The van der Waals surface area contributed by atoms with Crippen molar-refractivity contribution in [2.45, 2.75) is 32.9 Å². The van der Waals surface area contributed by atoms with E-state index in [0.29, 0.717) is 21.6 Å². The molecule has 0 bridgehead atoms. The van der Waals surface area contributed by atoms with Crippen LogP contribution in [0.5, 0.6) is 0 Å². The molecule has 0 amide bonds. The number of aromatic nitrogens is 2. The smallest absolute Gasteiger partial charge is 0.129 e. The molecule has 21 heavy (non-hydrogen) atoms. The van der Waals surface area contributed by atoms with Crippen LogP contribution in [0.1, 0.15) is 44.1 Å². The van der Waals surface area contributed by atoms with Gasteiger partial charge in [-0.15, -0.1) is 0 Å². The molecule has 114 valence electrons. The molecule has 6 heteroatoms. The summed E-state index contributed by atoms with van der Waals surface area (Å²) in [5, 5.41) is 8.15. The average molecular weight is 375 g/mol. The molecule has 2 aromatic rings. The number of rotatable bonds is 5. The molecule has 1 heterocycles. The van der Waals surface area contributed by atoms with Gasteiger partial charge in [0.15, 0.2) is 0 Å². The van der Waals surface area contributed by atoms with Gasteiger partial charge in [-0.2, -0.15) is 5.10 Å². The van der Waals surface area contributed by atoms with Gasteiger partial charge in [-0.1, -0.05) is 40.5 Å².